The molecule has 0 bridgehead atoms. The smallest absolute Gasteiger partial charge is 0.412 e. The molecular formula is C17H23F3N4O2. The third kappa shape index (κ3) is 3.79. The monoisotopic (exact) mass is 372 g/mol. The van der Waals surface area contributed by atoms with Crippen LogP contribution in [0.1, 0.15) is 26.2 Å². The lowest BCUT2D eigenvalue weighted by molar-refractivity contribution is -0.178. The normalized spacial score (nSPS) is 31.2. The number of nitriles is 1. The molecule has 1 heterocycles. The fourth-order valence-electron chi connectivity index (χ4n) is 4.00. The fraction of sp³-hybridized carbons (Fsp3) is 0.706. The SMILES string of the molecule is CN=NC(C1C(C)OC(N)=C(C#N)[C@H]1C1CCCC=C1OC)C(F)(F)F. The van der Waals surface area contributed by atoms with Crippen LogP contribution in [0.4, 0.5) is 13.2 Å². The van der Waals surface area contributed by atoms with Gasteiger partial charge in [0.25, 0.3) is 0 Å². The first-order valence-corrected chi connectivity index (χ1v) is 8.42. The topological polar surface area (TPSA) is 93.0 Å². The van der Waals surface area contributed by atoms with E-state index in [1.807, 2.05) is 12.1 Å². The number of halogens is 3. The van der Waals surface area contributed by atoms with Crippen molar-refractivity contribution in [1.29, 1.82) is 5.26 Å². The minimum Gasteiger partial charge on any atom is -0.501 e. The summed E-state index contributed by atoms with van der Waals surface area (Å²) in [5.74, 6) is -1.89. The lowest BCUT2D eigenvalue weighted by atomic mass is 9.67. The molecule has 0 saturated carbocycles. The largest absolute Gasteiger partial charge is 0.501 e. The average molecular weight is 372 g/mol. The summed E-state index contributed by atoms with van der Waals surface area (Å²) in [6, 6.07) is -0.142. The van der Waals surface area contributed by atoms with Crippen LogP contribution >= 0.6 is 0 Å². The van der Waals surface area contributed by atoms with E-state index in [4.69, 9.17) is 15.2 Å². The Kier molecular flexibility index (Phi) is 6.16. The van der Waals surface area contributed by atoms with Gasteiger partial charge in [0.2, 0.25) is 0 Å². The summed E-state index contributed by atoms with van der Waals surface area (Å²) in [4.78, 5) is 0. The molecule has 6 nitrogen and oxygen atoms in total. The van der Waals surface area contributed by atoms with Crippen LogP contribution in [0.15, 0.2) is 33.5 Å². The molecule has 0 saturated heterocycles. The molecule has 0 radical (unpaired) electrons. The molecule has 4 unspecified atom stereocenters. The maximum absolute atomic E-state index is 13.7. The number of allylic oxidation sites excluding steroid dienone is 3. The molecule has 144 valence electrons. The Labute approximate surface area is 150 Å². The van der Waals surface area contributed by atoms with E-state index in [1.54, 1.807) is 0 Å². The molecule has 0 aromatic rings. The van der Waals surface area contributed by atoms with E-state index in [0.717, 1.165) is 12.8 Å². The molecule has 5 atom stereocenters. The van der Waals surface area contributed by atoms with Crippen LogP contribution in [-0.2, 0) is 9.47 Å². The quantitative estimate of drug-likeness (QED) is 0.762. The zero-order valence-corrected chi connectivity index (χ0v) is 15.0. The second-order valence-electron chi connectivity index (χ2n) is 6.47. The van der Waals surface area contributed by atoms with Crippen LogP contribution in [-0.4, -0.2) is 32.5 Å². The van der Waals surface area contributed by atoms with Crippen LogP contribution in [0.25, 0.3) is 0 Å². The van der Waals surface area contributed by atoms with Crippen LogP contribution in [0.3, 0.4) is 0 Å². The summed E-state index contributed by atoms with van der Waals surface area (Å²) in [6.07, 6.45) is -1.48. The van der Waals surface area contributed by atoms with Gasteiger partial charge in [-0.15, -0.1) is 0 Å². The van der Waals surface area contributed by atoms with Crippen molar-refractivity contribution in [2.75, 3.05) is 14.2 Å². The summed E-state index contributed by atoms with van der Waals surface area (Å²) in [6.45, 7) is 1.52. The van der Waals surface area contributed by atoms with Gasteiger partial charge in [0.05, 0.1) is 18.4 Å². The Bertz CT molecular complexity index is 651. The molecule has 0 amide bonds. The molecule has 0 aromatic carbocycles. The molecule has 0 spiro atoms. The number of rotatable bonds is 4. The van der Waals surface area contributed by atoms with E-state index in [9.17, 15) is 18.4 Å². The van der Waals surface area contributed by atoms with Gasteiger partial charge >= 0.3 is 6.18 Å². The lowest BCUT2D eigenvalue weighted by Crippen LogP contribution is -2.50. The maximum Gasteiger partial charge on any atom is 0.412 e. The van der Waals surface area contributed by atoms with Crippen LogP contribution in [0.2, 0.25) is 0 Å². The average Bonchev–Trinajstić information content (AvgIpc) is 2.59. The van der Waals surface area contributed by atoms with Gasteiger partial charge in [-0.25, -0.2) is 0 Å². The van der Waals surface area contributed by atoms with Crippen LogP contribution in [0.5, 0.6) is 0 Å². The lowest BCUT2D eigenvalue weighted by Gasteiger charge is -2.43. The van der Waals surface area contributed by atoms with Crippen molar-refractivity contribution in [3.8, 4) is 6.07 Å². The number of nitrogens with zero attached hydrogens (tertiary/aromatic N) is 3. The number of nitrogens with two attached hydrogens (primary N) is 1. The van der Waals surface area contributed by atoms with E-state index >= 15 is 0 Å². The first kappa shape index (κ1) is 20.1. The zero-order valence-electron chi connectivity index (χ0n) is 15.0. The highest BCUT2D eigenvalue weighted by molar-refractivity contribution is 5.33. The minimum atomic E-state index is -4.63. The van der Waals surface area contributed by atoms with Crippen molar-refractivity contribution < 1.29 is 22.6 Å². The van der Waals surface area contributed by atoms with Crippen LogP contribution < -0.4 is 5.73 Å². The molecular weight excluding hydrogens is 349 g/mol. The summed E-state index contributed by atoms with van der Waals surface area (Å²) < 4.78 is 52.0. The molecule has 1 aliphatic heterocycles. The number of hydrogen-bond acceptors (Lipinski definition) is 6. The third-order valence-corrected chi connectivity index (χ3v) is 5.03. The van der Waals surface area contributed by atoms with Gasteiger partial charge in [0, 0.05) is 24.8 Å². The third-order valence-electron chi connectivity index (χ3n) is 5.03. The van der Waals surface area contributed by atoms with E-state index in [1.165, 1.54) is 21.1 Å². The number of azo groups is 1. The second-order valence-corrected chi connectivity index (χ2v) is 6.47. The van der Waals surface area contributed by atoms with E-state index in [2.05, 4.69) is 10.2 Å². The van der Waals surface area contributed by atoms with E-state index in [0.29, 0.717) is 12.2 Å². The number of ether oxygens (including phenoxy) is 2. The second kappa shape index (κ2) is 7.98. The molecule has 1 aliphatic carbocycles. The predicted molar refractivity (Wildman–Crippen MR) is 87.4 cm³/mol. The van der Waals surface area contributed by atoms with Gasteiger partial charge < -0.3 is 15.2 Å². The van der Waals surface area contributed by atoms with Gasteiger partial charge in [-0.05, 0) is 32.3 Å². The number of hydrogen-bond donors (Lipinski definition) is 1. The van der Waals surface area contributed by atoms with Crippen molar-refractivity contribution in [2.24, 2.45) is 33.7 Å². The molecule has 0 aromatic heterocycles. The minimum absolute atomic E-state index is 0.0171. The van der Waals surface area contributed by atoms with E-state index in [-0.39, 0.29) is 11.5 Å². The van der Waals surface area contributed by atoms with Crippen molar-refractivity contribution in [3.63, 3.8) is 0 Å². The van der Waals surface area contributed by atoms with Gasteiger partial charge in [0.15, 0.2) is 11.9 Å². The molecule has 26 heavy (non-hydrogen) atoms. The van der Waals surface area contributed by atoms with Gasteiger partial charge in [-0.3, -0.25) is 0 Å². The number of methoxy groups -OCH3 is 1. The molecule has 2 rings (SSSR count). The van der Waals surface area contributed by atoms with E-state index < -0.39 is 36.1 Å². The van der Waals surface area contributed by atoms with Gasteiger partial charge in [-0.2, -0.15) is 28.7 Å². The zero-order chi connectivity index (χ0) is 19.5. The summed E-state index contributed by atoms with van der Waals surface area (Å²) in [7, 11) is 2.67. The Hall–Kier alpha value is -2.24. The predicted octanol–water partition coefficient (Wildman–Crippen LogP) is 3.67. The standard InChI is InChI=1S/C17H23F3N4O2/c1-9-13(15(24-23-2)17(18,19)20)14(11(8-21)16(22)26-9)10-6-4-5-7-12(10)25-3/h7,9-10,13-15H,4-6,22H2,1-3H3/t9?,10?,13?,14-,15?/m1/s1. The highest BCUT2D eigenvalue weighted by Crippen LogP contribution is 2.48. The Morgan fingerprint density at radius 1 is 1.46 bits per heavy atom. The van der Waals surface area contributed by atoms with Crippen molar-refractivity contribution in [2.45, 2.75) is 44.5 Å². The first-order chi connectivity index (χ1) is 12.3. The molecule has 2 aliphatic rings. The highest BCUT2D eigenvalue weighted by Gasteiger charge is 2.55. The Morgan fingerprint density at radius 3 is 2.69 bits per heavy atom. The van der Waals surface area contributed by atoms with Crippen molar-refractivity contribution in [3.05, 3.63) is 23.3 Å². The Balaban J connectivity index is 2.61. The molecule has 9 heteroatoms. The Morgan fingerprint density at radius 2 is 2.15 bits per heavy atom. The van der Waals surface area contributed by atoms with Crippen molar-refractivity contribution in [1.82, 2.24) is 0 Å². The summed E-state index contributed by atoms with van der Waals surface area (Å²) in [5.41, 5.74) is 5.87. The van der Waals surface area contributed by atoms with Gasteiger partial charge in [0.1, 0.15) is 12.2 Å². The molecule has 2 N–H and O–H groups in total. The maximum atomic E-state index is 13.7. The number of alkyl halides is 3. The summed E-state index contributed by atoms with van der Waals surface area (Å²) in [5, 5.41) is 16.4. The summed E-state index contributed by atoms with van der Waals surface area (Å²) >= 11 is 0. The van der Waals surface area contributed by atoms with Crippen molar-refractivity contribution >= 4 is 0 Å². The highest BCUT2D eigenvalue weighted by atomic mass is 19.4. The van der Waals surface area contributed by atoms with Gasteiger partial charge in [-0.1, -0.05) is 0 Å². The molecule has 0 fully saturated rings. The fourth-order valence-corrected chi connectivity index (χ4v) is 4.00. The van der Waals surface area contributed by atoms with Crippen LogP contribution in [0, 0.1) is 29.1 Å². The first-order valence-electron chi connectivity index (χ1n) is 8.42.